The average molecular weight is 396 g/mol. The Bertz CT molecular complexity index is 977. The standard InChI is InChI=1S/C18H13Cl3N2O2/c19-11-2-4-12(5-3-11)23-16-15(17(24)18(16)25)22-8-7-10-1-6-13(20)14(21)9-10/h1-6,9,22-23H,7-8H2. The number of benzene rings is 2. The maximum absolute atomic E-state index is 11.8. The summed E-state index contributed by atoms with van der Waals surface area (Å²) in [4.78, 5) is 23.6. The topological polar surface area (TPSA) is 58.2 Å². The van der Waals surface area contributed by atoms with Crippen LogP contribution in [0.15, 0.2) is 52.1 Å². The number of halogens is 3. The van der Waals surface area contributed by atoms with Gasteiger partial charge in [0, 0.05) is 17.3 Å². The molecule has 25 heavy (non-hydrogen) atoms. The van der Waals surface area contributed by atoms with E-state index < -0.39 is 10.9 Å². The van der Waals surface area contributed by atoms with E-state index in [0.717, 1.165) is 5.56 Å². The van der Waals surface area contributed by atoms with E-state index in [0.29, 0.717) is 39.4 Å². The molecular weight excluding hydrogens is 383 g/mol. The van der Waals surface area contributed by atoms with Gasteiger partial charge in [-0.3, -0.25) is 9.59 Å². The van der Waals surface area contributed by atoms with Gasteiger partial charge in [0.05, 0.1) is 10.0 Å². The third-order valence-corrected chi connectivity index (χ3v) is 4.71. The van der Waals surface area contributed by atoms with Gasteiger partial charge in [-0.15, -0.1) is 0 Å². The van der Waals surface area contributed by atoms with Crippen LogP contribution in [0, 0.1) is 0 Å². The van der Waals surface area contributed by atoms with Crippen molar-refractivity contribution < 1.29 is 0 Å². The van der Waals surface area contributed by atoms with Crippen molar-refractivity contribution >= 4 is 51.9 Å². The van der Waals surface area contributed by atoms with E-state index in [-0.39, 0.29) is 5.69 Å². The normalized spacial score (nSPS) is 10.8. The highest BCUT2D eigenvalue weighted by Gasteiger charge is 2.20. The molecule has 2 N–H and O–H groups in total. The molecule has 0 bridgehead atoms. The molecule has 4 nitrogen and oxygen atoms in total. The molecular formula is C18H13Cl3N2O2. The van der Waals surface area contributed by atoms with Gasteiger partial charge < -0.3 is 10.6 Å². The van der Waals surface area contributed by atoms with Crippen LogP contribution in [-0.4, -0.2) is 6.54 Å². The highest BCUT2D eigenvalue weighted by molar-refractivity contribution is 6.42. The number of hydrogen-bond acceptors (Lipinski definition) is 4. The Morgan fingerprint density at radius 1 is 0.800 bits per heavy atom. The third kappa shape index (κ3) is 3.98. The Morgan fingerprint density at radius 3 is 2.16 bits per heavy atom. The van der Waals surface area contributed by atoms with Gasteiger partial charge in [-0.05, 0) is 48.4 Å². The first kappa shape index (κ1) is 17.8. The summed E-state index contributed by atoms with van der Waals surface area (Å²) in [5.41, 5.74) is 1.16. The molecule has 0 aliphatic carbocycles. The Labute approximate surface area is 159 Å². The van der Waals surface area contributed by atoms with E-state index in [9.17, 15) is 9.59 Å². The molecule has 0 amide bonds. The largest absolute Gasteiger partial charge is 0.380 e. The van der Waals surface area contributed by atoms with Crippen LogP contribution in [0.2, 0.25) is 15.1 Å². The first-order valence-electron chi connectivity index (χ1n) is 7.49. The van der Waals surface area contributed by atoms with E-state index in [4.69, 9.17) is 34.8 Å². The minimum atomic E-state index is -0.535. The van der Waals surface area contributed by atoms with Crippen molar-refractivity contribution in [2.45, 2.75) is 6.42 Å². The monoisotopic (exact) mass is 394 g/mol. The maximum Gasteiger partial charge on any atom is 0.253 e. The SMILES string of the molecule is O=c1c(NCCc2ccc(Cl)c(Cl)c2)c(Nc2ccc(Cl)cc2)c1=O. The van der Waals surface area contributed by atoms with Crippen LogP contribution in [-0.2, 0) is 6.42 Å². The fourth-order valence-corrected chi connectivity index (χ4v) is 2.83. The molecule has 128 valence electrons. The second-order valence-corrected chi connectivity index (χ2v) is 6.72. The Balaban J connectivity index is 1.66. The van der Waals surface area contributed by atoms with Crippen molar-refractivity contribution in [3.8, 4) is 0 Å². The molecule has 0 saturated heterocycles. The zero-order valence-electron chi connectivity index (χ0n) is 12.9. The summed E-state index contributed by atoms with van der Waals surface area (Å²) in [6, 6.07) is 12.2. The molecule has 3 aromatic carbocycles. The molecule has 0 aromatic heterocycles. The lowest BCUT2D eigenvalue weighted by Gasteiger charge is -2.15. The van der Waals surface area contributed by atoms with Gasteiger partial charge in [-0.25, -0.2) is 0 Å². The smallest absolute Gasteiger partial charge is 0.253 e. The number of rotatable bonds is 6. The lowest BCUT2D eigenvalue weighted by molar-refractivity contribution is 1.01. The molecule has 0 fully saturated rings. The van der Waals surface area contributed by atoms with E-state index in [1.54, 1.807) is 36.4 Å². The molecule has 3 rings (SSSR count). The fourth-order valence-electron chi connectivity index (χ4n) is 2.38. The lowest BCUT2D eigenvalue weighted by atomic mass is 10.1. The molecule has 0 saturated carbocycles. The molecule has 0 spiro atoms. The van der Waals surface area contributed by atoms with Crippen LogP contribution in [0.4, 0.5) is 17.1 Å². The third-order valence-electron chi connectivity index (χ3n) is 3.72. The van der Waals surface area contributed by atoms with Gasteiger partial charge >= 0.3 is 0 Å². The molecule has 0 radical (unpaired) electrons. The van der Waals surface area contributed by atoms with Gasteiger partial charge in [0.15, 0.2) is 0 Å². The number of anilines is 3. The van der Waals surface area contributed by atoms with Gasteiger partial charge in [0.25, 0.3) is 10.9 Å². The highest BCUT2D eigenvalue weighted by atomic mass is 35.5. The summed E-state index contributed by atoms with van der Waals surface area (Å²) in [5.74, 6) is 0. The van der Waals surface area contributed by atoms with Gasteiger partial charge in [0.1, 0.15) is 11.4 Å². The summed E-state index contributed by atoms with van der Waals surface area (Å²) < 4.78 is 0. The zero-order valence-corrected chi connectivity index (χ0v) is 15.2. The van der Waals surface area contributed by atoms with Crippen LogP contribution in [0.3, 0.4) is 0 Å². The molecule has 0 aliphatic heterocycles. The van der Waals surface area contributed by atoms with E-state index in [1.807, 2.05) is 6.07 Å². The zero-order chi connectivity index (χ0) is 18.0. The van der Waals surface area contributed by atoms with Crippen LogP contribution in [0.25, 0.3) is 0 Å². The summed E-state index contributed by atoms with van der Waals surface area (Å²) in [6.07, 6.45) is 0.635. The quantitative estimate of drug-likeness (QED) is 0.597. The predicted molar refractivity (Wildman–Crippen MR) is 105 cm³/mol. The van der Waals surface area contributed by atoms with Crippen LogP contribution >= 0.6 is 34.8 Å². The minimum Gasteiger partial charge on any atom is -0.380 e. The summed E-state index contributed by atoms with van der Waals surface area (Å²) in [5, 5.41) is 7.53. The number of hydrogen-bond donors (Lipinski definition) is 2. The van der Waals surface area contributed by atoms with Crippen molar-refractivity contribution in [2.24, 2.45) is 0 Å². The van der Waals surface area contributed by atoms with Gasteiger partial charge in [-0.2, -0.15) is 0 Å². The maximum atomic E-state index is 11.8. The van der Waals surface area contributed by atoms with Crippen LogP contribution in [0.5, 0.6) is 0 Å². The second kappa shape index (κ2) is 7.48. The van der Waals surface area contributed by atoms with E-state index >= 15 is 0 Å². The van der Waals surface area contributed by atoms with Gasteiger partial charge in [0.2, 0.25) is 0 Å². The number of nitrogens with one attached hydrogen (secondary N) is 2. The van der Waals surface area contributed by atoms with Crippen LogP contribution < -0.4 is 21.5 Å². The summed E-state index contributed by atoms with van der Waals surface area (Å²) in [7, 11) is 0. The molecule has 3 aromatic rings. The molecule has 0 atom stereocenters. The lowest BCUT2D eigenvalue weighted by Crippen LogP contribution is -2.37. The molecule has 7 heteroatoms. The Morgan fingerprint density at radius 2 is 1.48 bits per heavy atom. The fraction of sp³-hybridized carbons (Fsp3) is 0.111. The van der Waals surface area contributed by atoms with Crippen molar-refractivity contribution in [1.29, 1.82) is 0 Å². The average Bonchev–Trinajstić information content (AvgIpc) is 2.61. The van der Waals surface area contributed by atoms with Crippen molar-refractivity contribution in [3.05, 3.63) is 83.5 Å². The van der Waals surface area contributed by atoms with Crippen molar-refractivity contribution in [3.63, 3.8) is 0 Å². The Kier molecular flexibility index (Phi) is 5.33. The Hall–Kier alpha value is -2.01. The summed E-state index contributed by atoms with van der Waals surface area (Å²) >= 11 is 17.7. The van der Waals surface area contributed by atoms with Crippen molar-refractivity contribution in [2.75, 3.05) is 17.2 Å². The molecule has 0 unspecified atom stereocenters. The first-order valence-corrected chi connectivity index (χ1v) is 8.63. The summed E-state index contributed by atoms with van der Waals surface area (Å²) in [6.45, 7) is 0.484. The highest BCUT2D eigenvalue weighted by Crippen LogP contribution is 2.24. The first-order chi connectivity index (χ1) is 12.0. The van der Waals surface area contributed by atoms with E-state index in [1.165, 1.54) is 0 Å². The minimum absolute atomic E-state index is 0.265. The molecule has 0 aliphatic rings. The molecule has 0 heterocycles. The predicted octanol–water partition coefficient (Wildman–Crippen LogP) is 4.64. The van der Waals surface area contributed by atoms with Crippen LogP contribution in [0.1, 0.15) is 5.56 Å². The van der Waals surface area contributed by atoms with Gasteiger partial charge in [-0.1, -0.05) is 40.9 Å². The van der Waals surface area contributed by atoms with Crippen molar-refractivity contribution in [1.82, 2.24) is 0 Å². The second-order valence-electron chi connectivity index (χ2n) is 5.47. The van der Waals surface area contributed by atoms with E-state index in [2.05, 4.69) is 10.6 Å².